The Morgan fingerprint density at radius 1 is 1.08 bits per heavy atom. The van der Waals surface area contributed by atoms with Gasteiger partial charge in [-0.3, -0.25) is 0 Å². The summed E-state index contributed by atoms with van der Waals surface area (Å²) in [5.41, 5.74) is 3.85. The number of amides is 1. The number of benzene rings is 2. The van der Waals surface area contributed by atoms with Gasteiger partial charge in [0.15, 0.2) is 0 Å². The number of carbonyl (C=O) groups is 1. The van der Waals surface area contributed by atoms with Gasteiger partial charge >= 0.3 is 6.09 Å². The molecule has 0 saturated carbocycles. The molecule has 1 saturated heterocycles. The number of hydrogen-bond acceptors (Lipinski definition) is 3. The number of carbonyl (C=O) groups excluding carboxylic acids is 1. The van der Waals surface area contributed by atoms with E-state index in [1.807, 2.05) is 30.3 Å². The van der Waals surface area contributed by atoms with E-state index in [-0.39, 0.29) is 17.6 Å². The minimum atomic E-state index is -0.338. The van der Waals surface area contributed by atoms with Crippen LogP contribution in [0.3, 0.4) is 0 Å². The molecule has 1 heterocycles. The van der Waals surface area contributed by atoms with Gasteiger partial charge in [0.25, 0.3) is 0 Å². The van der Waals surface area contributed by atoms with Crippen LogP contribution < -0.4 is 10.6 Å². The van der Waals surface area contributed by atoms with Gasteiger partial charge in [-0.25, -0.2) is 4.79 Å². The van der Waals surface area contributed by atoms with E-state index in [2.05, 4.69) is 34.9 Å². The van der Waals surface area contributed by atoms with E-state index in [4.69, 9.17) is 4.74 Å². The zero-order valence-corrected chi connectivity index (χ0v) is 14.3. The molecule has 4 nitrogen and oxygen atoms in total. The Morgan fingerprint density at radius 2 is 1.80 bits per heavy atom. The van der Waals surface area contributed by atoms with Crippen molar-refractivity contribution < 1.29 is 9.53 Å². The predicted molar refractivity (Wildman–Crippen MR) is 97.3 cm³/mol. The van der Waals surface area contributed by atoms with Crippen LogP contribution in [0.2, 0.25) is 0 Å². The fourth-order valence-electron chi connectivity index (χ4n) is 4.31. The van der Waals surface area contributed by atoms with Crippen molar-refractivity contribution in [3.05, 3.63) is 71.3 Å². The predicted octanol–water partition coefficient (Wildman–Crippen LogP) is 3.68. The summed E-state index contributed by atoms with van der Waals surface area (Å²) in [6, 6.07) is 18.4. The number of fused-ring (bicyclic) bond motifs is 2. The Morgan fingerprint density at radius 3 is 2.60 bits per heavy atom. The van der Waals surface area contributed by atoms with Crippen LogP contribution in [-0.2, 0) is 16.8 Å². The van der Waals surface area contributed by atoms with E-state index in [0.29, 0.717) is 6.61 Å². The third-order valence-corrected chi connectivity index (χ3v) is 5.57. The van der Waals surface area contributed by atoms with E-state index in [9.17, 15) is 4.79 Å². The summed E-state index contributed by atoms with van der Waals surface area (Å²) in [5.74, 6) is 0. The molecule has 2 N–H and O–H groups in total. The van der Waals surface area contributed by atoms with Crippen LogP contribution in [0.1, 0.15) is 42.0 Å². The Labute approximate surface area is 148 Å². The highest BCUT2D eigenvalue weighted by Gasteiger charge is 2.44. The number of alkyl carbamates (subject to hydrolysis) is 1. The van der Waals surface area contributed by atoms with Crippen molar-refractivity contribution in [3.8, 4) is 0 Å². The van der Waals surface area contributed by atoms with Crippen LogP contribution in [0.4, 0.5) is 4.79 Å². The van der Waals surface area contributed by atoms with Gasteiger partial charge in [0.2, 0.25) is 0 Å². The first-order valence-electron chi connectivity index (χ1n) is 9.04. The fourth-order valence-corrected chi connectivity index (χ4v) is 4.31. The standard InChI is InChI=1S/C21H24N2O2/c24-20(25-15-16-6-2-1-3-7-16)23-19-14-21(10-12-22-13-11-21)18-9-5-4-8-17(18)19/h1-9,19,22H,10-15H2,(H,23,24). The summed E-state index contributed by atoms with van der Waals surface area (Å²) in [4.78, 5) is 12.3. The number of rotatable bonds is 3. The van der Waals surface area contributed by atoms with Crippen LogP contribution in [-0.4, -0.2) is 19.2 Å². The highest BCUT2D eigenvalue weighted by molar-refractivity contribution is 5.68. The molecular formula is C21H24N2O2. The minimum Gasteiger partial charge on any atom is -0.445 e. The molecule has 0 aromatic heterocycles. The highest BCUT2D eigenvalue weighted by Crippen LogP contribution is 2.49. The zero-order chi connectivity index (χ0) is 17.1. The lowest BCUT2D eigenvalue weighted by molar-refractivity contribution is 0.134. The van der Waals surface area contributed by atoms with Gasteiger partial charge in [-0.1, -0.05) is 54.6 Å². The Hall–Kier alpha value is -2.33. The highest BCUT2D eigenvalue weighted by atomic mass is 16.5. The van der Waals surface area contributed by atoms with Crippen molar-refractivity contribution in [3.63, 3.8) is 0 Å². The lowest BCUT2D eigenvalue weighted by Gasteiger charge is -2.35. The van der Waals surface area contributed by atoms with Gasteiger partial charge in [0, 0.05) is 5.41 Å². The molecule has 1 aliphatic carbocycles. The first-order chi connectivity index (χ1) is 12.3. The Balaban J connectivity index is 1.45. The molecule has 25 heavy (non-hydrogen) atoms. The Bertz CT molecular complexity index is 739. The second kappa shape index (κ2) is 6.89. The summed E-state index contributed by atoms with van der Waals surface area (Å²) < 4.78 is 5.42. The third kappa shape index (κ3) is 3.27. The summed E-state index contributed by atoms with van der Waals surface area (Å²) in [6.07, 6.45) is 2.88. The molecule has 1 amide bonds. The maximum atomic E-state index is 12.3. The van der Waals surface area contributed by atoms with Gasteiger partial charge in [-0.15, -0.1) is 0 Å². The normalized spacial score (nSPS) is 20.9. The van der Waals surface area contributed by atoms with Crippen molar-refractivity contribution in [2.24, 2.45) is 0 Å². The monoisotopic (exact) mass is 336 g/mol. The maximum Gasteiger partial charge on any atom is 0.407 e. The third-order valence-electron chi connectivity index (χ3n) is 5.57. The lowest BCUT2D eigenvalue weighted by Crippen LogP contribution is -2.39. The molecule has 1 spiro atoms. The second-order valence-electron chi connectivity index (χ2n) is 7.08. The largest absolute Gasteiger partial charge is 0.445 e. The van der Waals surface area contributed by atoms with Gasteiger partial charge in [-0.05, 0) is 49.0 Å². The molecule has 4 rings (SSSR count). The topological polar surface area (TPSA) is 50.4 Å². The molecule has 2 aromatic rings. The van der Waals surface area contributed by atoms with Crippen molar-refractivity contribution >= 4 is 6.09 Å². The van der Waals surface area contributed by atoms with Gasteiger partial charge in [0.1, 0.15) is 6.61 Å². The number of nitrogens with one attached hydrogen (secondary N) is 2. The summed E-state index contributed by atoms with van der Waals surface area (Å²) in [7, 11) is 0. The molecule has 0 radical (unpaired) electrons. The summed E-state index contributed by atoms with van der Waals surface area (Å²) in [6.45, 7) is 2.38. The quantitative estimate of drug-likeness (QED) is 0.899. The number of hydrogen-bond donors (Lipinski definition) is 2. The minimum absolute atomic E-state index is 0.0394. The molecule has 4 heteroatoms. The van der Waals surface area contributed by atoms with Crippen LogP contribution in [0.5, 0.6) is 0 Å². The van der Waals surface area contributed by atoms with Crippen molar-refractivity contribution in [1.82, 2.24) is 10.6 Å². The van der Waals surface area contributed by atoms with Crippen LogP contribution in [0.25, 0.3) is 0 Å². The summed E-state index contributed by atoms with van der Waals surface area (Å²) >= 11 is 0. The van der Waals surface area contributed by atoms with Crippen molar-refractivity contribution in [2.75, 3.05) is 13.1 Å². The lowest BCUT2D eigenvalue weighted by atomic mass is 9.74. The molecule has 1 fully saturated rings. The smallest absolute Gasteiger partial charge is 0.407 e. The molecule has 130 valence electrons. The van der Waals surface area contributed by atoms with Crippen molar-refractivity contribution in [1.29, 1.82) is 0 Å². The number of piperidine rings is 1. The average Bonchev–Trinajstić information content (AvgIpc) is 2.95. The average molecular weight is 336 g/mol. The van der Waals surface area contributed by atoms with Crippen LogP contribution >= 0.6 is 0 Å². The Kier molecular flexibility index (Phi) is 4.45. The van der Waals surface area contributed by atoms with Crippen LogP contribution in [0, 0.1) is 0 Å². The fraction of sp³-hybridized carbons (Fsp3) is 0.381. The second-order valence-corrected chi connectivity index (χ2v) is 7.08. The van der Waals surface area contributed by atoms with Crippen LogP contribution in [0.15, 0.2) is 54.6 Å². The zero-order valence-electron chi connectivity index (χ0n) is 14.3. The van der Waals surface area contributed by atoms with E-state index >= 15 is 0 Å². The van der Waals surface area contributed by atoms with E-state index in [0.717, 1.165) is 37.9 Å². The molecule has 2 aliphatic rings. The number of ether oxygens (including phenoxy) is 1. The van der Waals surface area contributed by atoms with Crippen molar-refractivity contribution in [2.45, 2.75) is 37.3 Å². The van der Waals surface area contributed by atoms with Gasteiger partial charge < -0.3 is 15.4 Å². The molecular weight excluding hydrogens is 312 g/mol. The maximum absolute atomic E-state index is 12.3. The molecule has 0 bridgehead atoms. The van der Waals surface area contributed by atoms with E-state index in [1.165, 1.54) is 11.1 Å². The van der Waals surface area contributed by atoms with E-state index in [1.54, 1.807) is 0 Å². The molecule has 1 atom stereocenters. The SMILES string of the molecule is O=C(NC1CC2(CCNCC2)c2ccccc21)OCc1ccccc1. The molecule has 1 unspecified atom stereocenters. The van der Waals surface area contributed by atoms with Gasteiger partial charge in [0.05, 0.1) is 6.04 Å². The molecule has 2 aromatic carbocycles. The first-order valence-corrected chi connectivity index (χ1v) is 9.04. The van der Waals surface area contributed by atoms with Gasteiger partial charge in [-0.2, -0.15) is 0 Å². The molecule has 1 aliphatic heterocycles. The first kappa shape index (κ1) is 16.2. The van der Waals surface area contributed by atoms with E-state index < -0.39 is 0 Å². The summed E-state index contributed by atoms with van der Waals surface area (Å²) in [5, 5.41) is 6.54.